The smallest absolute Gasteiger partial charge is 0.226 e. The predicted molar refractivity (Wildman–Crippen MR) is 90.7 cm³/mol. The van der Waals surface area contributed by atoms with E-state index >= 15 is 0 Å². The Morgan fingerprint density at radius 3 is 2.62 bits per heavy atom. The number of amides is 2. The molecule has 1 saturated heterocycles. The molecule has 5 heteroatoms. The summed E-state index contributed by atoms with van der Waals surface area (Å²) >= 11 is 0. The molecule has 3 atom stereocenters. The van der Waals surface area contributed by atoms with E-state index < -0.39 is 0 Å². The summed E-state index contributed by atoms with van der Waals surface area (Å²) in [7, 11) is 0. The van der Waals surface area contributed by atoms with Crippen molar-refractivity contribution in [1.82, 2.24) is 4.90 Å². The second kappa shape index (κ2) is 5.88. The van der Waals surface area contributed by atoms with E-state index in [0.29, 0.717) is 25.3 Å². The topological polar surface area (TPSA) is 60.9 Å². The van der Waals surface area contributed by atoms with Gasteiger partial charge in [-0.25, -0.2) is 0 Å². The van der Waals surface area contributed by atoms with Crippen molar-refractivity contribution in [3.05, 3.63) is 29.8 Å². The molecular formula is C19H24N2O3. The van der Waals surface area contributed by atoms with Gasteiger partial charge < -0.3 is 14.9 Å². The van der Waals surface area contributed by atoms with Gasteiger partial charge in [0.15, 0.2) is 0 Å². The van der Waals surface area contributed by atoms with Crippen LogP contribution in [0.5, 0.6) is 0 Å². The van der Waals surface area contributed by atoms with Gasteiger partial charge in [-0.3, -0.25) is 9.59 Å². The molecule has 0 aromatic heterocycles. The van der Waals surface area contributed by atoms with E-state index in [-0.39, 0.29) is 36.4 Å². The van der Waals surface area contributed by atoms with Crippen molar-refractivity contribution in [2.75, 3.05) is 18.1 Å². The lowest BCUT2D eigenvalue weighted by molar-refractivity contribution is -0.151. The molecule has 3 aliphatic rings. The van der Waals surface area contributed by atoms with Crippen LogP contribution in [-0.4, -0.2) is 47.1 Å². The van der Waals surface area contributed by atoms with Crippen molar-refractivity contribution in [3.8, 4) is 0 Å². The molecule has 128 valence electrons. The highest BCUT2D eigenvalue weighted by atomic mass is 16.3. The number of nitrogens with zero attached hydrogens (tertiary/aromatic N) is 2. The maximum atomic E-state index is 12.7. The first-order chi connectivity index (χ1) is 11.7. The van der Waals surface area contributed by atoms with Gasteiger partial charge in [-0.1, -0.05) is 25.1 Å². The number of anilines is 1. The Kier molecular flexibility index (Phi) is 3.83. The van der Waals surface area contributed by atoms with Gasteiger partial charge in [0.1, 0.15) is 0 Å². The number of hydrogen-bond donors (Lipinski definition) is 1. The van der Waals surface area contributed by atoms with Gasteiger partial charge in [-0.05, 0) is 30.4 Å². The van der Waals surface area contributed by atoms with Crippen molar-refractivity contribution in [1.29, 1.82) is 0 Å². The first-order valence-electron chi connectivity index (χ1n) is 8.97. The summed E-state index contributed by atoms with van der Waals surface area (Å²) in [5.74, 6) is 0.888. The van der Waals surface area contributed by atoms with E-state index in [1.54, 1.807) is 0 Å². The van der Waals surface area contributed by atoms with Crippen LogP contribution in [0.3, 0.4) is 0 Å². The van der Waals surface area contributed by atoms with Crippen LogP contribution in [0.1, 0.15) is 44.1 Å². The van der Waals surface area contributed by atoms with Crippen molar-refractivity contribution >= 4 is 17.5 Å². The van der Waals surface area contributed by atoms with E-state index in [4.69, 9.17) is 0 Å². The number of likely N-dealkylation sites (tertiary alicyclic amines) is 1. The molecule has 2 amide bonds. The van der Waals surface area contributed by atoms with E-state index in [9.17, 15) is 14.7 Å². The predicted octanol–water partition coefficient (Wildman–Crippen LogP) is 1.90. The molecule has 0 bridgehead atoms. The number of carbonyl (C=O) groups excluding carboxylic acids is 2. The summed E-state index contributed by atoms with van der Waals surface area (Å²) in [5.41, 5.74) is 2.03. The van der Waals surface area contributed by atoms with Crippen molar-refractivity contribution in [3.63, 3.8) is 0 Å². The first-order valence-corrected chi connectivity index (χ1v) is 8.97. The van der Waals surface area contributed by atoms with E-state index in [1.165, 1.54) is 0 Å². The maximum Gasteiger partial charge on any atom is 0.226 e. The Morgan fingerprint density at radius 2 is 1.96 bits per heavy atom. The lowest BCUT2D eigenvalue weighted by atomic mass is 9.71. The number of rotatable bonds is 4. The van der Waals surface area contributed by atoms with Gasteiger partial charge in [-0.2, -0.15) is 0 Å². The number of aliphatic hydroxyl groups is 1. The van der Waals surface area contributed by atoms with Crippen LogP contribution in [0, 0.1) is 5.92 Å². The third-order valence-corrected chi connectivity index (χ3v) is 5.74. The number of benzene rings is 1. The molecule has 1 aromatic carbocycles. The SMILES string of the molecule is CCC(=O)N1C[C@H]2[C@@H](c3ccccc31)[C@@H](CO)N2C(=O)CC1CC1. The lowest BCUT2D eigenvalue weighted by Crippen LogP contribution is -2.70. The third-order valence-electron chi connectivity index (χ3n) is 5.74. The molecule has 24 heavy (non-hydrogen) atoms. The molecule has 2 aliphatic heterocycles. The molecule has 0 unspecified atom stereocenters. The minimum absolute atomic E-state index is 0.00111. The maximum absolute atomic E-state index is 12.7. The minimum Gasteiger partial charge on any atom is -0.394 e. The molecule has 1 aromatic rings. The first kappa shape index (κ1) is 15.6. The molecule has 2 fully saturated rings. The monoisotopic (exact) mass is 328 g/mol. The van der Waals surface area contributed by atoms with Crippen molar-refractivity contribution in [2.24, 2.45) is 5.92 Å². The molecule has 0 spiro atoms. The highest BCUT2D eigenvalue weighted by Gasteiger charge is 2.55. The minimum atomic E-state index is -0.152. The second-order valence-electron chi connectivity index (χ2n) is 7.21. The van der Waals surface area contributed by atoms with Gasteiger partial charge in [-0.15, -0.1) is 0 Å². The molecule has 1 saturated carbocycles. The van der Waals surface area contributed by atoms with Crippen LogP contribution >= 0.6 is 0 Å². The van der Waals surface area contributed by atoms with E-state index in [1.807, 2.05) is 41.0 Å². The quantitative estimate of drug-likeness (QED) is 0.918. The number of carbonyl (C=O) groups is 2. The molecule has 2 heterocycles. The molecule has 5 nitrogen and oxygen atoms in total. The largest absolute Gasteiger partial charge is 0.394 e. The van der Waals surface area contributed by atoms with Crippen molar-refractivity contribution in [2.45, 2.75) is 50.6 Å². The van der Waals surface area contributed by atoms with Gasteiger partial charge in [0, 0.05) is 31.0 Å². The van der Waals surface area contributed by atoms with Crippen LogP contribution in [0.15, 0.2) is 24.3 Å². The number of hydrogen-bond acceptors (Lipinski definition) is 3. The van der Waals surface area contributed by atoms with Crippen molar-refractivity contribution < 1.29 is 14.7 Å². The van der Waals surface area contributed by atoms with E-state index in [0.717, 1.165) is 24.1 Å². The Balaban J connectivity index is 1.66. The van der Waals surface area contributed by atoms with Crippen LogP contribution in [-0.2, 0) is 9.59 Å². The average molecular weight is 328 g/mol. The zero-order valence-electron chi connectivity index (χ0n) is 14.0. The zero-order chi connectivity index (χ0) is 16.8. The average Bonchev–Trinajstić information content (AvgIpc) is 3.38. The highest BCUT2D eigenvalue weighted by Crippen LogP contribution is 2.49. The van der Waals surface area contributed by atoms with Gasteiger partial charge in [0.25, 0.3) is 0 Å². The summed E-state index contributed by atoms with van der Waals surface area (Å²) in [5, 5.41) is 9.87. The Labute approximate surface area is 142 Å². The second-order valence-corrected chi connectivity index (χ2v) is 7.21. The molecular weight excluding hydrogens is 304 g/mol. The van der Waals surface area contributed by atoms with Crippen LogP contribution in [0.25, 0.3) is 0 Å². The standard InChI is InChI=1S/C19H24N2O3/c1-2-17(23)20-10-15-19(13-5-3-4-6-14(13)20)16(11-22)21(15)18(24)9-12-7-8-12/h3-6,12,15-16,19,22H,2,7-11H2,1H3/t15-,16+,19+/m0/s1. The number of para-hydroxylation sites is 1. The highest BCUT2D eigenvalue weighted by molar-refractivity contribution is 5.95. The molecule has 0 radical (unpaired) electrons. The summed E-state index contributed by atoms with van der Waals surface area (Å²) in [6.07, 6.45) is 3.32. The Hall–Kier alpha value is -1.88. The fourth-order valence-electron chi connectivity index (χ4n) is 4.34. The normalized spacial score (nSPS) is 28.0. The zero-order valence-corrected chi connectivity index (χ0v) is 14.0. The fraction of sp³-hybridized carbons (Fsp3) is 0.579. The molecule has 1 N–H and O–H groups in total. The summed E-state index contributed by atoms with van der Waals surface area (Å²) in [4.78, 5) is 28.7. The summed E-state index contributed by atoms with van der Waals surface area (Å²) in [6.45, 7) is 2.39. The summed E-state index contributed by atoms with van der Waals surface area (Å²) < 4.78 is 0. The summed E-state index contributed by atoms with van der Waals surface area (Å²) in [6, 6.07) is 7.77. The molecule has 1 aliphatic carbocycles. The third kappa shape index (κ3) is 2.34. The fourth-order valence-corrected chi connectivity index (χ4v) is 4.34. The lowest BCUT2D eigenvalue weighted by Gasteiger charge is -2.59. The van der Waals surface area contributed by atoms with Crippen LogP contribution in [0.4, 0.5) is 5.69 Å². The molecule has 4 rings (SSSR count). The van der Waals surface area contributed by atoms with Crippen LogP contribution < -0.4 is 4.90 Å². The van der Waals surface area contributed by atoms with Crippen LogP contribution in [0.2, 0.25) is 0 Å². The van der Waals surface area contributed by atoms with Gasteiger partial charge >= 0.3 is 0 Å². The van der Waals surface area contributed by atoms with E-state index in [2.05, 4.69) is 0 Å². The van der Waals surface area contributed by atoms with Gasteiger partial charge in [0.05, 0.1) is 18.7 Å². The van der Waals surface area contributed by atoms with Gasteiger partial charge in [0.2, 0.25) is 11.8 Å². The number of aliphatic hydroxyl groups excluding tert-OH is 1. The number of fused-ring (bicyclic) bond motifs is 3. The Morgan fingerprint density at radius 1 is 1.21 bits per heavy atom. The Bertz CT molecular complexity index is 670.